The summed E-state index contributed by atoms with van der Waals surface area (Å²) in [5.74, 6) is 0. The molecule has 1 aromatic carbocycles. The number of hydrogen-bond acceptors (Lipinski definition) is 1. The Bertz CT molecular complexity index is 207. The van der Waals surface area contributed by atoms with E-state index in [1.54, 1.807) is 0 Å². The van der Waals surface area contributed by atoms with Gasteiger partial charge in [-0.1, -0.05) is 18.2 Å². The Hall–Kier alpha value is -1.02. The van der Waals surface area contributed by atoms with Crippen molar-refractivity contribution in [1.29, 1.82) is 0 Å². The highest BCUT2D eigenvalue weighted by Gasteiger charge is 2.05. The summed E-state index contributed by atoms with van der Waals surface area (Å²) in [6.07, 6.45) is 0. The van der Waals surface area contributed by atoms with Crippen LogP contribution in [-0.4, -0.2) is 6.67 Å². The van der Waals surface area contributed by atoms with E-state index in [2.05, 4.69) is 22.8 Å². The van der Waals surface area contributed by atoms with Crippen LogP contribution in [0.4, 0.5) is 5.69 Å². The van der Waals surface area contributed by atoms with E-state index in [0.717, 1.165) is 13.2 Å². The number of hydrogen-bond donors (Lipinski definition) is 1. The fraction of sp³-hybridized carbons (Fsp3) is 0.250. The van der Waals surface area contributed by atoms with E-state index >= 15 is 0 Å². The van der Waals surface area contributed by atoms with E-state index in [1.807, 2.05) is 12.1 Å². The average Bonchev–Trinajstić information content (AvgIpc) is 2.05. The molecule has 51 valence electrons. The maximum Gasteiger partial charge on any atom is 0.0818 e. The minimum Gasteiger partial charge on any atom is -0.371 e. The van der Waals surface area contributed by atoms with E-state index in [1.165, 1.54) is 11.3 Å². The minimum absolute atomic E-state index is 0.761. The molecule has 10 heavy (non-hydrogen) atoms. The zero-order valence-electron chi connectivity index (χ0n) is 5.67. The molecule has 0 saturated carbocycles. The number of para-hydroxylation sites is 1. The van der Waals surface area contributed by atoms with Crippen LogP contribution >= 0.6 is 0 Å². The molecule has 0 atom stereocenters. The smallest absolute Gasteiger partial charge is 0.0818 e. The molecule has 1 heterocycles. The highest BCUT2D eigenvalue weighted by Crippen LogP contribution is 2.16. The van der Waals surface area contributed by atoms with Crippen LogP contribution in [0.25, 0.3) is 0 Å². The molecule has 1 aliphatic heterocycles. The summed E-state index contributed by atoms with van der Waals surface area (Å²) in [5, 5.41) is 7.40. The standard InChI is InChI=1S/C8H9N2/c1-2-4-8-7(3-1)5-9-6-10-8/h1-4,10H,5-6H2. The number of nitrogens with zero attached hydrogens (tertiary/aromatic N) is 1. The summed E-state index contributed by atoms with van der Waals surface area (Å²) in [4.78, 5) is 0. The third-order valence-corrected chi connectivity index (χ3v) is 1.68. The maximum atomic E-state index is 4.21. The topological polar surface area (TPSA) is 26.1 Å². The lowest BCUT2D eigenvalue weighted by molar-refractivity contribution is 0.693. The van der Waals surface area contributed by atoms with Gasteiger partial charge in [0.25, 0.3) is 0 Å². The lowest BCUT2D eigenvalue weighted by Crippen LogP contribution is -2.21. The quantitative estimate of drug-likeness (QED) is 0.565. The van der Waals surface area contributed by atoms with Gasteiger partial charge in [0.2, 0.25) is 0 Å². The van der Waals surface area contributed by atoms with Crippen LogP contribution in [0.5, 0.6) is 0 Å². The SMILES string of the molecule is c1ccc2c(c1)C[N]CN2. The van der Waals surface area contributed by atoms with Crippen LogP contribution in [0, 0.1) is 0 Å². The molecule has 2 rings (SSSR count). The van der Waals surface area contributed by atoms with Gasteiger partial charge in [0, 0.05) is 12.2 Å². The largest absolute Gasteiger partial charge is 0.371 e. The van der Waals surface area contributed by atoms with E-state index in [4.69, 9.17) is 0 Å². The molecule has 0 saturated heterocycles. The Labute approximate surface area is 60.3 Å². The molecule has 0 spiro atoms. The van der Waals surface area contributed by atoms with Gasteiger partial charge in [-0.15, -0.1) is 0 Å². The van der Waals surface area contributed by atoms with Crippen LogP contribution in [0.1, 0.15) is 5.56 Å². The first kappa shape index (κ1) is 5.74. The van der Waals surface area contributed by atoms with Crippen LogP contribution < -0.4 is 10.6 Å². The number of anilines is 1. The van der Waals surface area contributed by atoms with Gasteiger partial charge in [-0.2, -0.15) is 0 Å². The summed E-state index contributed by atoms with van der Waals surface area (Å²) in [7, 11) is 0. The molecule has 0 aliphatic carbocycles. The zero-order chi connectivity index (χ0) is 6.81. The molecule has 1 radical (unpaired) electrons. The van der Waals surface area contributed by atoms with Crippen LogP contribution in [0.3, 0.4) is 0 Å². The Balaban J connectivity index is 2.41. The summed E-state index contributed by atoms with van der Waals surface area (Å²) in [5.41, 5.74) is 2.53. The number of benzene rings is 1. The van der Waals surface area contributed by atoms with E-state index < -0.39 is 0 Å². The van der Waals surface area contributed by atoms with Gasteiger partial charge < -0.3 is 5.32 Å². The van der Waals surface area contributed by atoms with Gasteiger partial charge in [-0.3, -0.25) is 0 Å². The highest BCUT2D eigenvalue weighted by atomic mass is 15.1. The monoisotopic (exact) mass is 133 g/mol. The van der Waals surface area contributed by atoms with Crippen molar-refractivity contribution in [2.75, 3.05) is 12.0 Å². The van der Waals surface area contributed by atoms with Crippen molar-refractivity contribution in [3.8, 4) is 0 Å². The maximum absolute atomic E-state index is 4.21. The third-order valence-electron chi connectivity index (χ3n) is 1.68. The second-order valence-corrected chi connectivity index (χ2v) is 2.37. The molecule has 1 aromatic rings. The highest BCUT2D eigenvalue weighted by molar-refractivity contribution is 5.52. The summed E-state index contributed by atoms with van der Waals surface area (Å²) in [6.45, 7) is 1.63. The Morgan fingerprint density at radius 3 is 3.10 bits per heavy atom. The molecule has 2 heteroatoms. The Kier molecular flexibility index (Phi) is 1.32. The molecule has 0 unspecified atom stereocenters. The molecule has 0 amide bonds. The molecule has 1 aliphatic rings. The van der Waals surface area contributed by atoms with Gasteiger partial charge in [-0.05, 0) is 11.6 Å². The van der Waals surface area contributed by atoms with Gasteiger partial charge in [0.1, 0.15) is 0 Å². The van der Waals surface area contributed by atoms with Crippen LogP contribution in [0.2, 0.25) is 0 Å². The van der Waals surface area contributed by atoms with Crippen molar-refractivity contribution in [3.63, 3.8) is 0 Å². The molecular formula is C8H9N2. The second-order valence-electron chi connectivity index (χ2n) is 2.37. The minimum atomic E-state index is 0.761. The van der Waals surface area contributed by atoms with E-state index in [-0.39, 0.29) is 0 Å². The van der Waals surface area contributed by atoms with Gasteiger partial charge in [0.05, 0.1) is 6.67 Å². The predicted molar refractivity (Wildman–Crippen MR) is 40.8 cm³/mol. The summed E-state index contributed by atoms with van der Waals surface area (Å²) >= 11 is 0. The molecule has 1 N–H and O–H groups in total. The molecular weight excluding hydrogens is 124 g/mol. The zero-order valence-corrected chi connectivity index (χ0v) is 5.67. The average molecular weight is 133 g/mol. The predicted octanol–water partition coefficient (Wildman–Crippen LogP) is 1.17. The van der Waals surface area contributed by atoms with Crippen LogP contribution in [-0.2, 0) is 6.54 Å². The lowest BCUT2D eigenvalue weighted by Gasteiger charge is -2.16. The summed E-state index contributed by atoms with van der Waals surface area (Å²) < 4.78 is 0. The first-order valence-corrected chi connectivity index (χ1v) is 3.42. The number of fused-ring (bicyclic) bond motifs is 1. The van der Waals surface area contributed by atoms with E-state index in [9.17, 15) is 0 Å². The normalized spacial score (nSPS) is 15.6. The van der Waals surface area contributed by atoms with Crippen molar-refractivity contribution < 1.29 is 0 Å². The fourth-order valence-electron chi connectivity index (χ4n) is 1.15. The fourth-order valence-corrected chi connectivity index (χ4v) is 1.15. The van der Waals surface area contributed by atoms with Gasteiger partial charge >= 0.3 is 0 Å². The molecule has 0 fully saturated rings. The van der Waals surface area contributed by atoms with Crippen LogP contribution in [0.15, 0.2) is 24.3 Å². The van der Waals surface area contributed by atoms with Crippen molar-refractivity contribution in [2.24, 2.45) is 0 Å². The first-order chi connectivity index (χ1) is 4.97. The molecule has 2 nitrogen and oxygen atoms in total. The van der Waals surface area contributed by atoms with Crippen molar-refractivity contribution >= 4 is 5.69 Å². The Morgan fingerprint density at radius 1 is 1.30 bits per heavy atom. The summed E-state index contributed by atoms with van der Waals surface area (Å²) in [6, 6.07) is 8.27. The lowest BCUT2D eigenvalue weighted by atomic mass is 10.1. The second kappa shape index (κ2) is 2.31. The molecule has 0 bridgehead atoms. The molecule has 0 aromatic heterocycles. The number of nitrogens with one attached hydrogen (secondary N) is 1. The van der Waals surface area contributed by atoms with Gasteiger partial charge in [0.15, 0.2) is 0 Å². The third kappa shape index (κ3) is 0.866. The number of rotatable bonds is 0. The van der Waals surface area contributed by atoms with Crippen molar-refractivity contribution in [1.82, 2.24) is 5.32 Å². The Morgan fingerprint density at radius 2 is 2.20 bits per heavy atom. The van der Waals surface area contributed by atoms with Gasteiger partial charge in [-0.25, -0.2) is 5.32 Å². The first-order valence-electron chi connectivity index (χ1n) is 3.42. The van der Waals surface area contributed by atoms with E-state index in [0.29, 0.717) is 0 Å². The van der Waals surface area contributed by atoms with Crippen molar-refractivity contribution in [2.45, 2.75) is 6.54 Å². The van der Waals surface area contributed by atoms with Crippen molar-refractivity contribution in [3.05, 3.63) is 29.8 Å².